The molecule has 0 radical (unpaired) electrons. The quantitative estimate of drug-likeness (QED) is 0.677. The van der Waals surface area contributed by atoms with Crippen LogP contribution in [0.25, 0.3) is 0 Å². The van der Waals surface area contributed by atoms with Gasteiger partial charge in [0.05, 0.1) is 25.3 Å². The monoisotopic (exact) mass is 264 g/mol. The molecule has 0 aromatic heterocycles. The van der Waals surface area contributed by atoms with Crippen LogP contribution < -0.4 is 5.32 Å². The molecule has 0 spiro atoms. The molecule has 102 valence electrons. The number of carbonyl (C=O) groups excluding carboxylic acids is 2. The summed E-state index contributed by atoms with van der Waals surface area (Å²) in [6.07, 6.45) is -1.82. The number of hydrogen-bond acceptors (Lipinski definition) is 4. The predicted molar refractivity (Wildman–Crippen MR) is 69.1 cm³/mol. The first-order valence-electron chi connectivity index (χ1n) is 6.00. The largest absolute Gasteiger partial charge is 0.388 e. The van der Waals surface area contributed by atoms with Crippen LogP contribution in [0.15, 0.2) is 24.3 Å². The molecule has 1 aromatic rings. The summed E-state index contributed by atoms with van der Waals surface area (Å²) in [6, 6.07) is 6.20. The van der Waals surface area contributed by atoms with Crippen molar-refractivity contribution >= 4 is 17.5 Å². The lowest BCUT2D eigenvalue weighted by Crippen LogP contribution is -2.33. The number of nitrogens with zero attached hydrogens (tertiary/aromatic N) is 1. The second kappa shape index (κ2) is 5.38. The molecule has 1 heterocycles. The van der Waals surface area contributed by atoms with Gasteiger partial charge in [0, 0.05) is 11.3 Å². The van der Waals surface area contributed by atoms with Gasteiger partial charge in [0.1, 0.15) is 0 Å². The molecular formula is C13H16N2O4. The summed E-state index contributed by atoms with van der Waals surface area (Å²) in [4.78, 5) is 24.5. The standard InChI is InChI=1S/C13H16N2O4/c1-8(16)9-3-2-4-10(5-9)14-13(19)15-6-11(17)12(18)7-15/h2-5,11-12,17-18H,6-7H2,1H3,(H,14,19). The normalized spacial score (nSPS) is 22.4. The molecule has 0 aliphatic carbocycles. The highest BCUT2D eigenvalue weighted by Gasteiger charge is 2.32. The first-order valence-corrected chi connectivity index (χ1v) is 6.00. The minimum absolute atomic E-state index is 0.0804. The van der Waals surface area contributed by atoms with Crippen molar-refractivity contribution in [3.8, 4) is 0 Å². The molecule has 0 bridgehead atoms. The fourth-order valence-electron chi connectivity index (χ4n) is 1.95. The van der Waals surface area contributed by atoms with Crippen LogP contribution in [0.1, 0.15) is 17.3 Å². The first kappa shape index (κ1) is 13.5. The van der Waals surface area contributed by atoms with Crippen molar-refractivity contribution in [3.63, 3.8) is 0 Å². The Kier molecular flexibility index (Phi) is 3.82. The number of urea groups is 1. The average Bonchev–Trinajstić information content (AvgIpc) is 2.70. The van der Waals surface area contributed by atoms with Gasteiger partial charge in [-0.2, -0.15) is 0 Å². The van der Waals surface area contributed by atoms with Gasteiger partial charge in [-0.15, -0.1) is 0 Å². The van der Waals surface area contributed by atoms with Crippen LogP contribution in [0.4, 0.5) is 10.5 Å². The molecule has 6 heteroatoms. The van der Waals surface area contributed by atoms with Crippen molar-refractivity contribution in [1.29, 1.82) is 0 Å². The molecule has 1 aliphatic rings. The smallest absolute Gasteiger partial charge is 0.322 e. The second-order valence-corrected chi connectivity index (χ2v) is 4.61. The number of amides is 2. The summed E-state index contributed by atoms with van der Waals surface area (Å²) >= 11 is 0. The summed E-state index contributed by atoms with van der Waals surface area (Å²) in [6.45, 7) is 1.65. The van der Waals surface area contributed by atoms with Gasteiger partial charge >= 0.3 is 6.03 Å². The van der Waals surface area contributed by atoms with Crippen molar-refractivity contribution in [3.05, 3.63) is 29.8 Å². The average molecular weight is 264 g/mol. The molecule has 6 nitrogen and oxygen atoms in total. The molecule has 2 atom stereocenters. The summed E-state index contributed by atoms with van der Waals surface area (Å²) in [5, 5.41) is 21.4. The Balaban J connectivity index is 2.03. The van der Waals surface area contributed by atoms with Gasteiger partial charge < -0.3 is 20.4 Å². The number of β-amino-alcohol motifs (C(OH)–C–C–N with tert-alkyl or cyclic N) is 2. The molecule has 1 saturated heterocycles. The molecule has 1 aromatic carbocycles. The Bertz CT molecular complexity index is 493. The lowest BCUT2D eigenvalue weighted by molar-refractivity contribution is 0.0572. The van der Waals surface area contributed by atoms with E-state index >= 15 is 0 Å². The Labute approximate surface area is 110 Å². The molecule has 1 aliphatic heterocycles. The van der Waals surface area contributed by atoms with Crippen LogP contribution in [0.2, 0.25) is 0 Å². The van der Waals surface area contributed by atoms with Crippen LogP contribution in [-0.2, 0) is 0 Å². The Morgan fingerprint density at radius 3 is 2.47 bits per heavy atom. The van der Waals surface area contributed by atoms with Crippen LogP contribution in [-0.4, -0.2) is 52.2 Å². The van der Waals surface area contributed by atoms with E-state index in [0.717, 1.165) is 0 Å². The number of aliphatic hydroxyl groups is 2. The number of aliphatic hydroxyl groups excluding tert-OH is 2. The lowest BCUT2D eigenvalue weighted by atomic mass is 10.1. The number of ketones is 1. The van der Waals surface area contributed by atoms with Gasteiger partial charge in [-0.1, -0.05) is 12.1 Å². The maximum atomic E-state index is 11.9. The van der Waals surface area contributed by atoms with Crippen LogP contribution in [0.5, 0.6) is 0 Å². The van der Waals surface area contributed by atoms with Crippen molar-refractivity contribution < 1.29 is 19.8 Å². The minimum Gasteiger partial charge on any atom is -0.388 e. The first-order chi connectivity index (χ1) is 8.97. The van der Waals surface area contributed by atoms with Crippen LogP contribution >= 0.6 is 0 Å². The summed E-state index contributed by atoms with van der Waals surface area (Å²) in [7, 11) is 0. The second-order valence-electron chi connectivity index (χ2n) is 4.61. The van der Waals surface area contributed by atoms with Crippen molar-refractivity contribution in [2.24, 2.45) is 0 Å². The van der Waals surface area contributed by atoms with E-state index in [1.54, 1.807) is 24.3 Å². The molecule has 19 heavy (non-hydrogen) atoms. The fourth-order valence-corrected chi connectivity index (χ4v) is 1.95. The summed E-state index contributed by atoms with van der Waals surface area (Å²) in [5.41, 5.74) is 1.02. The van der Waals surface area contributed by atoms with Crippen molar-refractivity contribution in [2.45, 2.75) is 19.1 Å². The van der Waals surface area contributed by atoms with Gasteiger partial charge in [0.15, 0.2) is 5.78 Å². The summed E-state index contributed by atoms with van der Waals surface area (Å²) < 4.78 is 0. The number of anilines is 1. The van der Waals surface area contributed by atoms with E-state index in [9.17, 15) is 19.8 Å². The molecular weight excluding hydrogens is 248 g/mol. The number of Topliss-reactive ketones (excluding diaryl/α,β-unsaturated/α-hetero) is 1. The zero-order valence-corrected chi connectivity index (χ0v) is 10.5. The Morgan fingerprint density at radius 2 is 1.89 bits per heavy atom. The fraction of sp³-hybridized carbons (Fsp3) is 0.385. The zero-order chi connectivity index (χ0) is 14.0. The molecule has 2 amide bonds. The van der Waals surface area contributed by atoms with Gasteiger partial charge in [-0.25, -0.2) is 4.79 Å². The highest BCUT2D eigenvalue weighted by Crippen LogP contribution is 2.15. The molecule has 3 N–H and O–H groups in total. The Hall–Kier alpha value is -1.92. The maximum Gasteiger partial charge on any atom is 0.322 e. The molecule has 1 fully saturated rings. The van der Waals surface area contributed by atoms with Crippen LogP contribution in [0, 0.1) is 0 Å². The van der Waals surface area contributed by atoms with Gasteiger partial charge in [0.2, 0.25) is 0 Å². The third-order valence-electron chi connectivity index (χ3n) is 3.07. The summed E-state index contributed by atoms with van der Waals surface area (Å²) in [5.74, 6) is -0.0804. The number of hydrogen-bond donors (Lipinski definition) is 3. The third kappa shape index (κ3) is 3.10. The third-order valence-corrected chi connectivity index (χ3v) is 3.07. The molecule has 0 saturated carbocycles. The van der Waals surface area contributed by atoms with Gasteiger partial charge in [-0.3, -0.25) is 4.79 Å². The number of benzene rings is 1. The molecule has 2 rings (SSSR count). The Morgan fingerprint density at radius 1 is 1.26 bits per heavy atom. The number of likely N-dealkylation sites (tertiary alicyclic amines) is 1. The van der Waals surface area contributed by atoms with Crippen molar-refractivity contribution in [2.75, 3.05) is 18.4 Å². The van der Waals surface area contributed by atoms with Gasteiger partial charge in [0.25, 0.3) is 0 Å². The van der Waals surface area contributed by atoms with E-state index in [-0.39, 0.29) is 18.9 Å². The minimum atomic E-state index is -0.908. The topological polar surface area (TPSA) is 89.9 Å². The van der Waals surface area contributed by atoms with E-state index in [4.69, 9.17) is 0 Å². The number of nitrogens with one attached hydrogen (secondary N) is 1. The van der Waals surface area contributed by atoms with Gasteiger partial charge in [-0.05, 0) is 19.1 Å². The lowest BCUT2D eigenvalue weighted by Gasteiger charge is -2.16. The van der Waals surface area contributed by atoms with E-state index in [1.165, 1.54) is 11.8 Å². The highest BCUT2D eigenvalue weighted by atomic mass is 16.3. The maximum absolute atomic E-state index is 11.9. The zero-order valence-electron chi connectivity index (χ0n) is 10.5. The SMILES string of the molecule is CC(=O)c1cccc(NC(=O)N2CC(O)C(O)C2)c1. The van der Waals surface area contributed by atoms with E-state index in [0.29, 0.717) is 11.3 Å². The van der Waals surface area contributed by atoms with E-state index in [2.05, 4.69) is 5.32 Å². The van der Waals surface area contributed by atoms with E-state index < -0.39 is 18.2 Å². The predicted octanol–water partition coefficient (Wildman–Crippen LogP) is 0.459. The molecule has 2 unspecified atom stereocenters. The van der Waals surface area contributed by atoms with Crippen LogP contribution in [0.3, 0.4) is 0 Å². The highest BCUT2D eigenvalue weighted by molar-refractivity contribution is 5.96. The number of carbonyl (C=O) groups is 2. The van der Waals surface area contributed by atoms with Crippen molar-refractivity contribution in [1.82, 2.24) is 4.90 Å². The van der Waals surface area contributed by atoms with E-state index in [1.807, 2.05) is 0 Å². The number of rotatable bonds is 2.